The van der Waals surface area contributed by atoms with Gasteiger partial charge in [0.1, 0.15) is 17.1 Å². The lowest BCUT2D eigenvalue weighted by atomic mass is 10.2. The summed E-state index contributed by atoms with van der Waals surface area (Å²) in [4.78, 5) is 19.5. The number of carbonyl (C=O) groups is 1. The van der Waals surface area contributed by atoms with Crippen molar-refractivity contribution in [2.75, 3.05) is 13.2 Å². The summed E-state index contributed by atoms with van der Waals surface area (Å²) in [5, 5.41) is 8.56. The summed E-state index contributed by atoms with van der Waals surface area (Å²) in [5.41, 5.74) is 1.55. The molecule has 2 aliphatic rings. The van der Waals surface area contributed by atoms with E-state index in [9.17, 15) is 0 Å². The van der Waals surface area contributed by atoms with E-state index in [1.165, 1.54) is 11.3 Å². The Bertz CT molecular complexity index is 1160. The van der Waals surface area contributed by atoms with Gasteiger partial charge in [-0.1, -0.05) is 11.3 Å². The van der Waals surface area contributed by atoms with Crippen LogP contribution < -0.4 is 4.74 Å². The highest BCUT2D eigenvalue weighted by atomic mass is 32.1. The number of aromatic nitrogens is 2. The third-order valence-electron chi connectivity index (χ3n) is 5.27. The second-order valence-electron chi connectivity index (χ2n) is 7.20. The molecule has 2 saturated heterocycles. The minimum absolute atomic E-state index is 0.250. The summed E-state index contributed by atoms with van der Waals surface area (Å²) >= 11 is 1.49. The first-order valence-electron chi connectivity index (χ1n) is 9.57. The van der Waals surface area contributed by atoms with Gasteiger partial charge in [-0.15, -0.1) is 0 Å². The Balaban J connectivity index is 0.000000609. The van der Waals surface area contributed by atoms with E-state index in [0.29, 0.717) is 23.0 Å². The van der Waals surface area contributed by atoms with Crippen LogP contribution in [0.5, 0.6) is 10.9 Å². The molecule has 9 heteroatoms. The van der Waals surface area contributed by atoms with Gasteiger partial charge in [0, 0.05) is 30.2 Å². The van der Waals surface area contributed by atoms with E-state index in [-0.39, 0.29) is 6.47 Å². The number of likely N-dealkylation sites (tertiary alicyclic amines) is 1. The molecule has 6 rings (SSSR count). The minimum atomic E-state index is -0.250. The summed E-state index contributed by atoms with van der Waals surface area (Å²) < 4.78 is 18.7. The number of morpholine rings is 1. The van der Waals surface area contributed by atoms with Crippen LogP contribution in [-0.4, -0.2) is 51.7 Å². The molecule has 1 aromatic carbocycles. The Hall–Kier alpha value is -3.01. The summed E-state index contributed by atoms with van der Waals surface area (Å²) in [7, 11) is 0. The largest absolute Gasteiger partial charge is 0.483 e. The topological polar surface area (TPSA) is 97.9 Å². The lowest BCUT2D eigenvalue weighted by molar-refractivity contribution is -0.122. The van der Waals surface area contributed by atoms with E-state index in [2.05, 4.69) is 20.9 Å². The van der Waals surface area contributed by atoms with Crippen LogP contribution in [0.3, 0.4) is 0 Å². The average Bonchev–Trinajstić information content (AvgIpc) is 3.51. The second kappa shape index (κ2) is 8.02. The molecule has 2 aliphatic heterocycles. The Labute approximate surface area is 175 Å². The van der Waals surface area contributed by atoms with Gasteiger partial charge in [-0.2, -0.15) is 4.98 Å². The molecule has 4 aromatic rings. The van der Waals surface area contributed by atoms with E-state index in [1.807, 2.05) is 30.3 Å². The number of rotatable bonds is 4. The number of fused-ring (bicyclic) bond motifs is 4. The number of hydrogen-bond donors (Lipinski definition) is 1. The van der Waals surface area contributed by atoms with Crippen molar-refractivity contribution in [1.29, 1.82) is 0 Å². The summed E-state index contributed by atoms with van der Waals surface area (Å²) in [6, 6.07) is 12.5. The van der Waals surface area contributed by atoms with Crippen LogP contribution >= 0.6 is 11.3 Å². The zero-order valence-corrected chi connectivity index (χ0v) is 16.7. The van der Waals surface area contributed by atoms with Crippen molar-refractivity contribution in [3.05, 3.63) is 48.4 Å². The summed E-state index contributed by atoms with van der Waals surface area (Å²) in [6.07, 6.45) is 3.29. The molecule has 1 N–H and O–H groups in total. The quantitative estimate of drug-likeness (QED) is 0.492. The van der Waals surface area contributed by atoms with Gasteiger partial charge >= 0.3 is 0 Å². The third-order valence-corrected chi connectivity index (χ3v) is 6.15. The van der Waals surface area contributed by atoms with Crippen LogP contribution in [0.25, 0.3) is 21.3 Å². The maximum Gasteiger partial charge on any atom is 0.290 e. The summed E-state index contributed by atoms with van der Waals surface area (Å²) in [5.74, 6) is 1.70. The molecule has 0 saturated carbocycles. The fourth-order valence-electron chi connectivity index (χ4n) is 3.97. The SMILES string of the molecule is O=CO.c1cnc2nc(Oc3ccc4cc(CN5C[C@@H]6C[C@H]5CO6)oc4c3)sc2c1. The van der Waals surface area contributed by atoms with Crippen LogP contribution in [0.4, 0.5) is 0 Å². The van der Waals surface area contributed by atoms with Gasteiger partial charge in [0.25, 0.3) is 11.7 Å². The first-order chi connectivity index (χ1) is 14.7. The molecule has 5 heterocycles. The molecule has 0 spiro atoms. The van der Waals surface area contributed by atoms with Crippen LogP contribution in [0.15, 0.2) is 47.0 Å². The van der Waals surface area contributed by atoms with Crippen molar-refractivity contribution in [3.8, 4) is 10.9 Å². The van der Waals surface area contributed by atoms with Crippen LogP contribution in [-0.2, 0) is 16.1 Å². The van der Waals surface area contributed by atoms with Crippen molar-refractivity contribution in [1.82, 2.24) is 14.9 Å². The normalized spacial score (nSPS) is 20.4. The lowest BCUT2D eigenvalue weighted by Crippen LogP contribution is -2.36. The van der Waals surface area contributed by atoms with Crippen LogP contribution in [0, 0.1) is 0 Å². The number of benzene rings is 1. The molecule has 2 atom stereocenters. The Morgan fingerprint density at radius 2 is 2.23 bits per heavy atom. The van der Waals surface area contributed by atoms with E-state index < -0.39 is 0 Å². The molecule has 30 heavy (non-hydrogen) atoms. The van der Waals surface area contributed by atoms with Crippen molar-refractivity contribution >= 4 is 39.1 Å². The van der Waals surface area contributed by atoms with Crippen molar-refractivity contribution in [2.24, 2.45) is 0 Å². The van der Waals surface area contributed by atoms with E-state index in [0.717, 1.165) is 53.3 Å². The highest BCUT2D eigenvalue weighted by molar-refractivity contribution is 7.20. The standard InChI is InChI=1S/C20H17N3O3S.CH2O2/c1-2-18-19(21-5-1)22-20(27-18)26-14-4-3-12-6-16(25-17(12)8-14)10-23-9-15-7-13(23)11-24-15;2-1-3/h1-6,8,13,15H,7,9-11H2;1H,(H,2,3)/t13-,15-;/m0./s1. The van der Waals surface area contributed by atoms with Gasteiger partial charge in [0.2, 0.25) is 0 Å². The summed E-state index contributed by atoms with van der Waals surface area (Å²) in [6.45, 7) is 2.43. The molecule has 0 unspecified atom stereocenters. The fourth-order valence-corrected chi connectivity index (χ4v) is 4.77. The number of carboxylic acid groups (broad SMARTS) is 1. The van der Waals surface area contributed by atoms with E-state index in [1.54, 1.807) is 6.20 Å². The predicted octanol–water partition coefficient (Wildman–Crippen LogP) is 3.90. The van der Waals surface area contributed by atoms with E-state index >= 15 is 0 Å². The second-order valence-corrected chi connectivity index (χ2v) is 8.19. The number of ether oxygens (including phenoxy) is 2. The van der Waals surface area contributed by atoms with Gasteiger partial charge in [-0.3, -0.25) is 9.69 Å². The maximum absolute atomic E-state index is 8.36. The highest BCUT2D eigenvalue weighted by Crippen LogP contribution is 2.34. The predicted molar refractivity (Wildman–Crippen MR) is 111 cm³/mol. The van der Waals surface area contributed by atoms with Crippen LogP contribution in [0.1, 0.15) is 12.2 Å². The molecule has 0 amide bonds. The number of hydrogen-bond acceptors (Lipinski definition) is 8. The van der Waals surface area contributed by atoms with Gasteiger partial charge in [0.05, 0.1) is 24.0 Å². The Kier molecular flexibility index (Phi) is 5.07. The van der Waals surface area contributed by atoms with Gasteiger partial charge in [-0.05, 0) is 36.8 Å². The monoisotopic (exact) mass is 425 g/mol. The van der Waals surface area contributed by atoms with E-state index in [4.69, 9.17) is 23.8 Å². The first-order valence-corrected chi connectivity index (χ1v) is 10.4. The third kappa shape index (κ3) is 3.74. The Morgan fingerprint density at radius 3 is 3.00 bits per heavy atom. The highest BCUT2D eigenvalue weighted by Gasteiger charge is 2.39. The molecule has 3 aromatic heterocycles. The number of thiazole rings is 1. The zero-order valence-electron chi connectivity index (χ0n) is 15.9. The van der Waals surface area contributed by atoms with Gasteiger partial charge in [0.15, 0.2) is 5.65 Å². The van der Waals surface area contributed by atoms with Crippen LogP contribution in [0.2, 0.25) is 0 Å². The average molecular weight is 425 g/mol. The maximum atomic E-state index is 8.36. The zero-order chi connectivity index (χ0) is 20.5. The molecule has 2 bridgehead atoms. The lowest BCUT2D eigenvalue weighted by Gasteiger charge is -2.25. The molecular weight excluding hydrogens is 406 g/mol. The molecule has 8 nitrogen and oxygen atoms in total. The van der Waals surface area contributed by atoms with Gasteiger partial charge in [-0.25, -0.2) is 4.98 Å². The van der Waals surface area contributed by atoms with Crippen molar-refractivity contribution < 1.29 is 23.8 Å². The first kappa shape index (κ1) is 19.0. The molecular formula is C21H19N3O5S. The number of nitrogens with zero attached hydrogens (tertiary/aromatic N) is 3. The molecule has 0 radical (unpaired) electrons. The molecule has 154 valence electrons. The fraction of sp³-hybridized carbons (Fsp3) is 0.286. The molecule has 2 fully saturated rings. The number of furan rings is 1. The smallest absolute Gasteiger partial charge is 0.290 e. The van der Waals surface area contributed by atoms with Gasteiger partial charge < -0.3 is 19.0 Å². The molecule has 0 aliphatic carbocycles. The minimum Gasteiger partial charge on any atom is -0.483 e. The Morgan fingerprint density at radius 1 is 1.33 bits per heavy atom. The van der Waals surface area contributed by atoms with Crippen molar-refractivity contribution in [3.63, 3.8) is 0 Å². The van der Waals surface area contributed by atoms with Crippen molar-refractivity contribution in [2.45, 2.75) is 25.1 Å². The number of pyridine rings is 1.